The average molecular weight is 284 g/mol. The van der Waals surface area contributed by atoms with Crippen LogP contribution in [0.5, 0.6) is 5.75 Å². The molecule has 21 heavy (non-hydrogen) atoms. The van der Waals surface area contributed by atoms with Crippen LogP contribution >= 0.6 is 0 Å². The lowest BCUT2D eigenvalue weighted by Gasteiger charge is -2.16. The van der Waals surface area contributed by atoms with Crippen molar-refractivity contribution in [3.63, 3.8) is 0 Å². The summed E-state index contributed by atoms with van der Waals surface area (Å²) in [7, 11) is 1.66. The number of aliphatic hydroxyl groups excluding tert-OH is 1. The predicted octanol–water partition coefficient (Wildman–Crippen LogP) is 3.77. The zero-order chi connectivity index (χ0) is 15.4. The first-order chi connectivity index (χ1) is 9.99. The maximum absolute atomic E-state index is 10.4. The topological polar surface area (TPSA) is 29.5 Å². The van der Waals surface area contributed by atoms with Crippen molar-refractivity contribution in [3.05, 3.63) is 64.2 Å². The summed E-state index contributed by atoms with van der Waals surface area (Å²) in [4.78, 5) is 0. The molecule has 2 aromatic rings. The van der Waals surface area contributed by atoms with E-state index in [0.717, 1.165) is 11.3 Å². The van der Waals surface area contributed by atoms with Crippen LogP contribution in [-0.4, -0.2) is 18.3 Å². The monoisotopic (exact) mass is 284 g/mol. The molecule has 2 nitrogen and oxygen atoms in total. The molecule has 0 amide bonds. The summed E-state index contributed by atoms with van der Waals surface area (Å²) >= 11 is 0. The summed E-state index contributed by atoms with van der Waals surface area (Å²) in [5.74, 6) is 0.846. The molecule has 2 aromatic carbocycles. The Kier molecular flexibility index (Phi) is 5.03. The smallest absolute Gasteiger partial charge is 0.118 e. The fourth-order valence-electron chi connectivity index (χ4n) is 2.87. The summed E-state index contributed by atoms with van der Waals surface area (Å²) in [5.41, 5.74) is 6.20. The highest BCUT2D eigenvalue weighted by atomic mass is 16.5. The highest BCUT2D eigenvalue weighted by molar-refractivity contribution is 5.38. The molecule has 1 atom stereocenters. The summed E-state index contributed by atoms with van der Waals surface area (Å²) in [6.07, 6.45) is 0.999. The second-order valence-electron chi connectivity index (χ2n) is 5.79. The summed E-state index contributed by atoms with van der Waals surface area (Å²) in [6.45, 7) is 6.35. The summed E-state index contributed by atoms with van der Waals surface area (Å²) < 4.78 is 5.15. The number of hydrogen-bond acceptors (Lipinski definition) is 2. The van der Waals surface area contributed by atoms with E-state index in [1.807, 2.05) is 24.3 Å². The van der Waals surface area contributed by atoms with Gasteiger partial charge in [0, 0.05) is 0 Å². The number of methoxy groups -OCH3 is 1. The van der Waals surface area contributed by atoms with E-state index in [2.05, 4.69) is 32.9 Å². The van der Waals surface area contributed by atoms with E-state index in [1.165, 1.54) is 22.3 Å². The van der Waals surface area contributed by atoms with Crippen molar-refractivity contribution in [2.45, 2.75) is 39.7 Å². The molecule has 0 fully saturated rings. The van der Waals surface area contributed by atoms with Gasteiger partial charge in [-0.1, -0.05) is 29.8 Å². The Morgan fingerprint density at radius 3 is 2.05 bits per heavy atom. The Hall–Kier alpha value is -1.80. The van der Waals surface area contributed by atoms with Gasteiger partial charge < -0.3 is 9.84 Å². The molecule has 112 valence electrons. The number of benzene rings is 2. The molecule has 0 heterocycles. The van der Waals surface area contributed by atoms with Crippen LogP contribution in [0.2, 0.25) is 0 Å². The van der Waals surface area contributed by atoms with Crippen molar-refractivity contribution in [1.29, 1.82) is 0 Å². The van der Waals surface area contributed by atoms with Crippen molar-refractivity contribution in [3.8, 4) is 5.75 Å². The molecule has 0 spiro atoms. The van der Waals surface area contributed by atoms with E-state index < -0.39 is 0 Å². The highest BCUT2D eigenvalue weighted by Crippen LogP contribution is 2.20. The third-order valence-electron chi connectivity index (χ3n) is 3.91. The fraction of sp³-hybridized carbons (Fsp3) is 0.368. The van der Waals surface area contributed by atoms with Crippen molar-refractivity contribution in [1.82, 2.24) is 0 Å². The number of ether oxygens (including phenoxy) is 1. The molecule has 0 bridgehead atoms. The Morgan fingerprint density at radius 1 is 0.952 bits per heavy atom. The normalized spacial score (nSPS) is 12.2. The lowest BCUT2D eigenvalue weighted by Crippen LogP contribution is -2.15. The molecule has 0 aliphatic heterocycles. The van der Waals surface area contributed by atoms with Gasteiger partial charge in [-0.05, 0) is 68.0 Å². The van der Waals surface area contributed by atoms with Gasteiger partial charge >= 0.3 is 0 Å². The van der Waals surface area contributed by atoms with Crippen LogP contribution in [0.1, 0.15) is 27.8 Å². The average Bonchev–Trinajstić information content (AvgIpc) is 2.43. The van der Waals surface area contributed by atoms with Crippen LogP contribution in [0.4, 0.5) is 0 Å². The van der Waals surface area contributed by atoms with E-state index in [0.29, 0.717) is 12.8 Å². The van der Waals surface area contributed by atoms with Crippen molar-refractivity contribution in [2.75, 3.05) is 7.11 Å². The summed E-state index contributed by atoms with van der Waals surface area (Å²) in [5, 5.41) is 10.4. The molecule has 0 aromatic heterocycles. The SMILES string of the molecule is COc1ccc(CC(O)Cc2c(C)cc(C)cc2C)cc1. The molecule has 0 aliphatic rings. The Labute approximate surface area is 127 Å². The van der Waals surface area contributed by atoms with Gasteiger partial charge in [0.15, 0.2) is 0 Å². The zero-order valence-corrected chi connectivity index (χ0v) is 13.3. The lowest BCUT2D eigenvalue weighted by molar-refractivity contribution is 0.175. The third-order valence-corrected chi connectivity index (χ3v) is 3.91. The molecule has 1 N–H and O–H groups in total. The Balaban J connectivity index is 2.06. The second kappa shape index (κ2) is 6.77. The maximum Gasteiger partial charge on any atom is 0.118 e. The second-order valence-corrected chi connectivity index (χ2v) is 5.79. The van der Waals surface area contributed by atoms with E-state index in [1.54, 1.807) is 7.11 Å². The van der Waals surface area contributed by atoms with Gasteiger partial charge in [-0.3, -0.25) is 0 Å². The minimum atomic E-state index is -0.362. The van der Waals surface area contributed by atoms with Crippen LogP contribution < -0.4 is 4.74 Å². The van der Waals surface area contributed by atoms with Gasteiger partial charge in [0.1, 0.15) is 5.75 Å². The molecular weight excluding hydrogens is 260 g/mol. The first-order valence-corrected chi connectivity index (χ1v) is 7.37. The van der Waals surface area contributed by atoms with Crippen LogP contribution in [-0.2, 0) is 12.8 Å². The zero-order valence-electron chi connectivity index (χ0n) is 13.3. The number of rotatable bonds is 5. The molecule has 0 radical (unpaired) electrons. The first kappa shape index (κ1) is 15.6. The van der Waals surface area contributed by atoms with Gasteiger partial charge in [-0.15, -0.1) is 0 Å². The molecule has 2 heteroatoms. The van der Waals surface area contributed by atoms with E-state index in [-0.39, 0.29) is 6.10 Å². The molecule has 2 rings (SSSR count). The van der Waals surface area contributed by atoms with Crippen LogP contribution in [0, 0.1) is 20.8 Å². The number of hydrogen-bond donors (Lipinski definition) is 1. The predicted molar refractivity (Wildman–Crippen MR) is 87.1 cm³/mol. The van der Waals surface area contributed by atoms with E-state index in [9.17, 15) is 5.11 Å². The molecular formula is C19H24O2. The molecule has 0 saturated heterocycles. The molecule has 0 saturated carbocycles. The van der Waals surface area contributed by atoms with Gasteiger partial charge in [-0.2, -0.15) is 0 Å². The van der Waals surface area contributed by atoms with E-state index >= 15 is 0 Å². The Bertz CT molecular complexity index is 576. The van der Waals surface area contributed by atoms with Gasteiger partial charge in [0.25, 0.3) is 0 Å². The highest BCUT2D eigenvalue weighted by Gasteiger charge is 2.11. The van der Waals surface area contributed by atoms with Gasteiger partial charge in [0.05, 0.1) is 13.2 Å². The first-order valence-electron chi connectivity index (χ1n) is 7.37. The van der Waals surface area contributed by atoms with Crippen molar-refractivity contribution < 1.29 is 9.84 Å². The van der Waals surface area contributed by atoms with Crippen LogP contribution in [0.25, 0.3) is 0 Å². The largest absolute Gasteiger partial charge is 0.497 e. The number of aryl methyl sites for hydroxylation is 3. The fourth-order valence-corrected chi connectivity index (χ4v) is 2.87. The molecule has 1 unspecified atom stereocenters. The van der Waals surface area contributed by atoms with Gasteiger partial charge in [-0.25, -0.2) is 0 Å². The minimum Gasteiger partial charge on any atom is -0.497 e. The minimum absolute atomic E-state index is 0.362. The van der Waals surface area contributed by atoms with Crippen LogP contribution in [0.15, 0.2) is 36.4 Å². The quantitative estimate of drug-likeness (QED) is 0.905. The lowest BCUT2D eigenvalue weighted by atomic mass is 9.93. The molecule has 0 aliphatic carbocycles. The third kappa shape index (κ3) is 4.08. The van der Waals surface area contributed by atoms with Crippen molar-refractivity contribution >= 4 is 0 Å². The number of aliphatic hydroxyl groups is 1. The van der Waals surface area contributed by atoms with Gasteiger partial charge in [0.2, 0.25) is 0 Å². The summed E-state index contributed by atoms with van der Waals surface area (Å²) in [6, 6.07) is 12.3. The standard InChI is InChI=1S/C19H24O2/c1-13-9-14(2)19(15(3)10-13)12-17(20)11-16-5-7-18(21-4)8-6-16/h5-10,17,20H,11-12H2,1-4H3. The van der Waals surface area contributed by atoms with E-state index in [4.69, 9.17) is 4.74 Å². The van der Waals surface area contributed by atoms with Crippen molar-refractivity contribution in [2.24, 2.45) is 0 Å². The Morgan fingerprint density at radius 2 is 1.52 bits per heavy atom. The van der Waals surface area contributed by atoms with Crippen LogP contribution in [0.3, 0.4) is 0 Å². The maximum atomic E-state index is 10.4.